The largest absolute Gasteiger partial charge is 0.260 e. The van der Waals surface area contributed by atoms with Crippen LogP contribution in [0.25, 0.3) is 21.8 Å². The molecule has 2 aromatic heterocycles. The van der Waals surface area contributed by atoms with Crippen LogP contribution < -0.4 is 0 Å². The number of aromatic nitrogens is 2. The number of nitrogens with zero attached hydrogens (tertiary/aromatic N) is 2. The molecule has 0 atom stereocenters. The predicted octanol–water partition coefficient (Wildman–Crippen LogP) is 5.18. The highest BCUT2D eigenvalue weighted by atomic mass is 35.5. The monoisotopic (exact) mass is 306 g/mol. The molecular formula is C14H8Cl2N2S. The van der Waals surface area contributed by atoms with Gasteiger partial charge in [0.1, 0.15) is 0 Å². The third kappa shape index (κ3) is 2.63. The minimum absolute atomic E-state index is 0.574. The van der Waals surface area contributed by atoms with E-state index in [1.54, 1.807) is 35.9 Å². The summed E-state index contributed by atoms with van der Waals surface area (Å²) in [5.74, 6) is 0. The number of rotatable bonds is 2. The van der Waals surface area contributed by atoms with Crippen molar-refractivity contribution >= 4 is 34.5 Å². The molecule has 5 heteroatoms. The van der Waals surface area contributed by atoms with Crippen LogP contribution in [0.15, 0.2) is 48.1 Å². The number of hydrogen-bond acceptors (Lipinski definition) is 3. The van der Waals surface area contributed by atoms with Crippen molar-refractivity contribution in [1.29, 1.82) is 0 Å². The molecule has 0 saturated carbocycles. The van der Waals surface area contributed by atoms with Gasteiger partial charge in [0.05, 0.1) is 33.7 Å². The van der Waals surface area contributed by atoms with Crippen molar-refractivity contribution in [2.45, 2.75) is 0 Å². The highest BCUT2D eigenvalue weighted by Gasteiger charge is 2.08. The molecule has 0 unspecified atom stereocenters. The van der Waals surface area contributed by atoms with Gasteiger partial charge in [-0.05, 0) is 29.6 Å². The molecule has 94 valence electrons. The molecule has 2 heterocycles. The first-order valence-corrected chi connectivity index (χ1v) is 7.19. The predicted molar refractivity (Wildman–Crippen MR) is 80.8 cm³/mol. The van der Waals surface area contributed by atoms with Gasteiger partial charge in [0, 0.05) is 10.6 Å². The summed E-state index contributed by atoms with van der Waals surface area (Å²) in [6.45, 7) is 0. The zero-order chi connectivity index (χ0) is 13.2. The van der Waals surface area contributed by atoms with Gasteiger partial charge in [0.25, 0.3) is 0 Å². The lowest BCUT2D eigenvalue weighted by Crippen LogP contribution is -1.89. The molecule has 0 aliphatic heterocycles. The van der Waals surface area contributed by atoms with Gasteiger partial charge >= 0.3 is 0 Å². The molecule has 0 spiro atoms. The lowest BCUT2D eigenvalue weighted by atomic mass is 10.1. The Morgan fingerprint density at radius 2 is 1.84 bits per heavy atom. The van der Waals surface area contributed by atoms with E-state index < -0.39 is 0 Å². The summed E-state index contributed by atoms with van der Waals surface area (Å²) in [6, 6.07) is 9.36. The molecule has 0 bridgehead atoms. The van der Waals surface area contributed by atoms with Crippen molar-refractivity contribution in [3.8, 4) is 21.8 Å². The zero-order valence-electron chi connectivity index (χ0n) is 9.68. The van der Waals surface area contributed by atoms with E-state index in [0.29, 0.717) is 10.0 Å². The first kappa shape index (κ1) is 12.6. The molecule has 0 fully saturated rings. The third-order valence-electron chi connectivity index (χ3n) is 2.62. The summed E-state index contributed by atoms with van der Waals surface area (Å²) in [4.78, 5) is 9.91. The molecule has 3 aromatic rings. The standard InChI is InChI=1S/C14H8Cl2N2S/c15-9-3-4-10(11(16)6-9)12-7-17-8-13(18-12)14-2-1-5-19-14/h1-8H. The highest BCUT2D eigenvalue weighted by molar-refractivity contribution is 7.13. The maximum absolute atomic E-state index is 6.19. The molecule has 0 aliphatic carbocycles. The van der Waals surface area contributed by atoms with Gasteiger partial charge in [-0.2, -0.15) is 0 Å². The fourth-order valence-electron chi connectivity index (χ4n) is 1.74. The van der Waals surface area contributed by atoms with Crippen LogP contribution in [0.2, 0.25) is 10.0 Å². The Hall–Kier alpha value is -1.42. The van der Waals surface area contributed by atoms with Gasteiger partial charge in [0.15, 0.2) is 0 Å². The lowest BCUT2D eigenvalue weighted by molar-refractivity contribution is 1.22. The van der Waals surface area contributed by atoms with Gasteiger partial charge < -0.3 is 0 Å². The Bertz CT molecular complexity index is 711. The van der Waals surface area contributed by atoms with Crippen molar-refractivity contribution in [1.82, 2.24) is 9.97 Å². The zero-order valence-corrected chi connectivity index (χ0v) is 12.0. The van der Waals surface area contributed by atoms with Crippen molar-refractivity contribution < 1.29 is 0 Å². The number of benzene rings is 1. The van der Waals surface area contributed by atoms with E-state index >= 15 is 0 Å². The second-order valence-electron chi connectivity index (χ2n) is 3.89. The molecule has 2 nitrogen and oxygen atoms in total. The molecule has 19 heavy (non-hydrogen) atoms. The van der Waals surface area contributed by atoms with Crippen molar-refractivity contribution in [3.63, 3.8) is 0 Å². The van der Waals surface area contributed by atoms with E-state index in [4.69, 9.17) is 23.2 Å². The van der Waals surface area contributed by atoms with Crippen LogP contribution in [0.5, 0.6) is 0 Å². The molecule has 0 N–H and O–H groups in total. The fourth-order valence-corrected chi connectivity index (χ4v) is 2.92. The minimum Gasteiger partial charge on any atom is -0.260 e. The van der Waals surface area contributed by atoms with Crippen LogP contribution >= 0.6 is 34.5 Å². The van der Waals surface area contributed by atoms with E-state index in [1.165, 1.54) is 0 Å². The van der Waals surface area contributed by atoms with E-state index in [1.807, 2.05) is 23.6 Å². The first-order chi connectivity index (χ1) is 9.24. The molecule has 0 radical (unpaired) electrons. The summed E-state index contributed by atoms with van der Waals surface area (Å²) in [7, 11) is 0. The van der Waals surface area contributed by atoms with Crippen LogP contribution in [-0.2, 0) is 0 Å². The van der Waals surface area contributed by atoms with Gasteiger partial charge in [-0.15, -0.1) is 11.3 Å². The Morgan fingerprint density at radius 3 is 2.58 bits per heavy atom. The molecule has 0 aliphatic rings. The molecular weight excluding hydrogens is 299 g/mol. The van der Waals surface area contributed by atoms with Crippen molar-refractivity contribution in [2.24, 2.45) is 0 Å². The summed E-state index contributed by atoms with van der Waals surface area (Å²) >= 11 is 13.7. The SMILES string of the molecule is Clc1ccc(-c2cncc(-c3cccs3)n2)c(Cl)c1. The van der Waals surface area contributed by atoms with Crippen LogP contribution in [-0.4, -0.2) is 9.97 Å². The Kier molecular flexibility index (Phi) is 3.51. The highest BCUT2D eigenvalue weighted by Crippen LogP contribution is 2.30. The lowest BCUT2D eigenvalue weighted by Gasteiger charge is -2.05. The molecule has 1 aromatic carbocycles. The van der Waals surface area contributed by atoms with Gasteiger partial charge in [-0.3, -0.25) is 4.98 Å². The summed E-state index contributed by atoms with van der Waals surface area (Å²) in [5.41, 5.74) is 2.42. The summed E-state index contributed by atoms with van der Waals surface area (Å²) < 4.78 is 0. The smallest absolute Gasteiger partial charge is 0.0992 e. The molecule has 3 rings (SSSR count). The summed E-state index contributed by atoms with van der Waals surface area (Å²) in [6.07, 6.45) is 3.45. The average molecular weight is 307 g/mol. The van der Waals surface area contributed by atoms with Crippen molar-refractivity contribution in [2.75, 3.05) is 0 Å². The van der Waals surface area contributed by atoms with Crippen LogP contribution in [0.1, 0.15) is 0 Å². The fraction of sp³-hybridized carbons (Fsp3) is 0. The van der Waals surface area contributed by atoms with Crippen LogP contribution in [0.3, 0.4) is 0 Å². The van der Waals surface area contributed by atoms with Gasteiger partial charge in [-0.25, -0.2) is 4.98 Å². The van der Waals surface area contributed by atoms with Crippen LogP contribution in [0.4, 0.5) is 0 Å². The van der Waals surface area contributed by atoms with Gasteiger partial charge in [0.2, 0.25) is 0 Å². The second-order valence-corrected chi connectivity index (χ2v) is 5.68. The average Bonchev–Trinajstić information content (AvgIpc) is 2.93. The third-order valence-corrected chi connectivity index (χ3v) is 4.06. The van der Waals surface area contributed by atoms with E-state index in [-0.39, 0.29) is 0 Å². The Balaban J connectivity index is 2.08. The first-order valence-electron chi connectivity index (χ1n) is 5.55. The summed E-state index contributed by atoms with van der Waals surface area (Å²) in [5, 5.41) is 3.19. The molecule has 0 amide bonds. The van der Waals surface area contributed by atoms with Crippen LogP contribution in [0, 0.1) is 0 Å². The second kappa shape index (κ2) is 5.29. The normalized spacial score (nSPS) is 10.6. The van der Waals surface area contributed by atoms with E-state index in [9.17, 15) is 0 Å². The quantitative estimate of drug-likeness (QED) is 0.652. The maximum atomic E-state index is 6.19. The Labute approximate surface area is 124 Å². The Morgan fingerprint density at radius 1 is 1.00 bits per heavy atom. The van der Waals surface area contributed by atoms with E-state index in [2.05, 4.69) is 9.97 Å². The maximum Gasteiger partial charge on any atom is 0.0992 e. The van der Waals surface area contributed by atoms with Crippen molar-refractivity contribution in [3.05, 3.63) is 58.2 Å². The number of halogens is 2. The van der Waals surface area contributed by atoms with Gasteiger partial charge in [-0.1, -0.05) is 29.3 Å². The molecule has 0 saturated heterocycles. The van der Waals surface area contributed by atoms with E-state index in [0.717, 1.165) is 21.8 Å². The number of hydrogen-bond donors (Lipinski definition) is 0. The topological polar surface area (TPSA) is 25.8 Å². The number of thiophene rings is 1. The minimum atomic E-state index is 0.574.